The molecule has 0 amide bonds. The number of aromatic nitrogens is 2. The zero-order valence-electron chi connectivity index (χ0n) is 10.1. The molecule has 5 nitrogen and oxygen atoms in total. The lowest BCUT2D eigenvalue weighted by Crippen LogP contribution is -2.26. The molecule has 0 bridgehead atoms. The lowest BCUT2D eigenvalue weighted by atomic mass is 9.87. The summed E-state index contributed by atoms with van der Waals surface area (Å²) in [6.07, 6.45) is 0. The van der Waals surface area contributed by atoms with E-state index in [2.05, 4.69) is 10.1 Å². The SMILES string of the molecule is CCN(C)c1noc([C@H](N)C(C)(C)C)n1. The summed E-state index contributed by atoms with van der Waals surface area (Å²) in [4.78, 5) is 6.18. The molecule has 1 atom stereocenters. The van der Waals surface area contributed by atoms with E-state index in [0.717, 1.165) is 6.54 Å². The van der Waals surface area contributed by atoms with Gasteiger partial charge in [0.1, 0.15) is 0 Å². The number of nitrogens with zero attached hydrogens (tertiary/aromatic N) is 3. The third-order valence-corrected chi connectivity index (χ3v) is 2.45. The quantitative estimate of drug-likeness (QED) is 0.823. The van der Waals surface area contributed by atoms with Crippen LogP contribution in [0, 0.1) is 5.41 Å². The van der Waals surface area contributed by atoms with Crippen LogP contribution in [0.25, 0.3) is 0 Å². The molecular weight excluding hydrogens is 192 g/mol. The van der Waals surface area contributed by atoms with Crippen LogP contribution in [0.15, 0.2) is 4.52 Å². The molecule has 0 radical (unpaired) electrons. The van der Waals surface area contributed by atoms with E-state index in [1.54, 1.807) is 0 Å². The van der Waals surface area contributed by atoms with Gasteiger partial charge in [0.2, 0.25) is 5.89 Å². The van der Waals surface area contributed by atoms with Crippen molar-refractivity contribution in [1.29, 1.82) is 0 Å². The van der Waals surface area contributed by atoms with Crippen LogP contribution in [0.1, 0.15) is 39.6 Å². The van der Waals surface area contributed by atoms with Crippen molar-refractivity contribution in [2.45, 2.75) is 33.7 Å². The second-order valence-corrected chi connectivity index (χ2v) is 4.79. The predicted octanol–water partition coefficient (Wildman–Crippen LogP) is 1.57. The zero-order valence-corrected chi connectivity index (χ0v) is 10.1. The fourth-order valence-electron chi connectivity index (χ4n) is 1.02. The summed E-state index contributed by atoms with van der Waals surface area (Å²) in [5.41, 5.74) is 5.94. The van der Waals surface area contributed by atoms with Gasteiger partial charge in [-0.1, -0.05) is 20.8 Å². The topological polar surface area (TPSA) is 68.2 Å². The summed E-state index contributed by atoms with van der Waals surface area (Å²) >= 11 is 0. The molecule has 15 heavy (non-hydrogen) atoms. The van der Waals surface area contributed by atoms with Crippen LogP contribution >= 0.6 is 0 Å². The Morgan fingerprint density at radius 3 is 2.53 bits per heavy atom. The van der Waals surface area contributed by atoms with Crippen LogP contribution in [-0.4, -0.2) is 23.7 Å². The normalized spacial score (nSPS) is 14.0. The first-order chi connectivity index (χ1) is 6.86. The van der Waals surface area contributed by atoms with Crippen molar-refractivity contribution in [2.75, 3.05) is 18.5 Å². The first kappa shape index (κ1) is 12.0. The highest BCUT2D eigenvalue weighted by Crippen LogP contribution is 2.29. The van der Waals surface area contributed by atoms with Gasteiger partial charge in [-0.2, -0.15) is 4.98 Å². The van der Waals surface area contributed by atoms with Gasteiger partial charge >= 0.3 is 0 Å². The molecule has 1 rings (SSSR count). The van der Waals surface area contributed by atoms with Gasteiger partial charge in [-0.25, -0.2) is 0 Å². The molecule has 0 aliphatic heterocycles. The molecule has 0 aromatic carbocycles. The van der Waals surface area contributed by atoms with E-state index >= 15 is 0 Å². The molecule has 2 N–H and O–H groups in total. The average molecular weight is 212 g/mol. The van der Waals surface area contributed by atoms with E-state index in [1.165, 1.54) is 0 Å². The fraction of sp³-hybridized carbons (Fsp3) is 0.800. The molecule has 5 heteroatoms. The molecule has 0 aliphatic carbocycles. The summed E-state index contributed by atoms with van der Waals surface area (Å²) in [5, 5.41) is 3.88. The van der Waals surface area contributed by atoms with Crippen molar-refractivity contribution in [3.8, 4) is 0 Å². The smallest absolute Gasteiger partial charge is 0.265 e. The summed E-state index contributed by atoms with van der Waals surface area (Å²) in [6.45, 7) is 9.00. The van der Waals surface area contributed by atoms with Crippen molar-refractivity contribution >= 4 is 5.95 Å². The number of rotatable bonds is 3. The largest absolute Gasteiger partial charge is 0.342 e. The van der Waals surface area contributed by atoms with Gasteiger partial charge in [-0.3, -0.25) is 0 Å². The van der Waals surface area contributed by atoms with E-state index in [1.807, 2.05) is 39.6 Å². The molecule has 0 saturated carbocycles. The highest BCUT2D eigenvalue weighted by Gasteiger charge is 2.27. The van der Waals surface area contributed by atoms with E-state index < -0.39 is 0 Å². The lowest BCUT2D eigenvalue weighted by Gasteiger charge is -2.23. The second kappa shape index (κ2) is 4.18. The number of hydrogen-bond acceptors (Lipinski definition) is 5. The second-order valence-electron chi connectivity index (χ2n) is 4.79. The third-order valence-electron chi connectivity index (χ3n) is 2.45. The molecule has 1 aromatic rings. The summed E-state index contributed by atoms with van der Waals surface area (Å²) in [5.74, 6) is 1.09. The van der Waals surface area contributed by atoms with Gasteiger partial charge in [0.05, 0.1) is 6.04 Å². The number of hydrogen-bond donors (Lipinski definition) is 1. The number of anilines is 1. The molecule has 1 aromatic heterocycles. The monoisotopic (exact) mass is 212 g/mol. The Kier molecular flexibility index (Phi) is 3.34. The van der Waals surface area contributed by atoms with Crippen molar-refractivity contribution in [2.24, 2.45) is 11.1 Å². The van der Waals surface area contributed by atoms with Crippen molar-refractivity contribution in [3.05, 3.63) is 5.89 Å². The third kappa shape index (κ3) is 2.68. The maximum atomic E-state index is 6.01. The van der Waals surface area contributed by atoms with Crippen molar-refractivity contribution < 1.29 is 4.52 Å². The van der Waals surface area contributed by atoms with Gasteiger partial charge < -0.3 is 15.2 Å². The standard InChI is InChI=1S/C10H20N4O/c1-6-14(5)9-12-8(15-13-9)7(11)10(2,3)4/h7H,6,11H2,1-5H3/t7-/m0/s1. The first-order valence-electron chi connectivity index (χ1n) is 5.16. The molecule has 1 heterocycles. The Bertz CT molecular complexity index is 315. The van der Waals surface area contributed by atoms with Gasteiger partial charge in [-0.15, -0.1) is 0 Å². The molecule has 0 saturated heterocycles. The highest BCUT2D eigenvalue weighted by molar-refractivity contribution is 5.25. The van der Waals surface area contributed by atoms with E-state index in [4.69, 9.17) is 10.3 Å². The average Bonchev–Trinajstić information content (AvgIpc) is 2.62. The maximum absolute atomic E-state index is 6.01. The molecule has 0 aliphatic rings. The molecule has 86 valence electrons. The van der Waals surface area contributed by atoms with Crippen LogP contribution < -0.4 is 10.6 Å². The predicted molar refractivity (Wildman–Crippen MR) is 59.6 cm³/mol. The van der Waals surface area contributed by atoms with Crippen LogP contribution in [-0.2, 0) is 0 Å². The van der Waals surface area contributed by atoms with Crippen LogP contribution in [0.3, 0.4) is 0 Å². The fourth-order valence-corrected chi connectivity index (χ4v) is 1.02. The molecular formula is C10H20N4O. The van der Waals surface area contributed by atoms with Crippen molar-refractivity contribution in [1.82, 2.24) is 10.1 Å². The molecule has 0 fully saturated rings. The minimum atomic E-state index is -0.232. The summed E-state index contributed by atoms with van der Waals surface area (Å²) in [6, 6.07) is -0.232. The summed E-state index contributed by atoms with van der Waals surface area (Å²) in [7, 11) is 1.91. The minimum absolute atomic E-state index is 0.0748. The Hall–Kier alpha value is -1.10. The van der Waals surface area contributed by atoms with Gasteiger partial charge in [0, 0.05) is 13.6 Å². The Morgan fingerprint density at radius 1 is 1.47 bits per heavy atom. The highest BCUT2D eigenvalue weighted by atomic mass is 16.5. The van der Waals surface area contributed by atoms with Gasteiger partial charge in [-0.05, 0) is 17.5 Å². The minimum Gasteiger partial charge on any atom is -0.342 e. The van der Waals surface area contributed by atoms with Gasteiger partial charge in [0.25, 0.3) is 5.95 Å². The molecule has 0 spiro atoms. The van der Waals surface area contributed by atoms with E-state index in [-0.39, 0.29) is 11.5 Å². The number of nitrogens with two attached hydrogens (primary N) is 1. The zero-order chi connectivity index (χ0) is 11.6. The Morgan fingerprint density at radius 2 is 2.07 bits per heavy atom. The summed E-state index contributed by atoms with van der Waals surface area (Å²) < 4.78 is 5.15. The van der Waals surface area contributed by atoms with Crippen LogP contribution in [0.4, 0.5) is 5.95 Å². The molecule has 0 unspecified atom stereocenters. The Labute approximate surface area is 90.6 Å². The Balaban J connectivity index is 2.85. The van der Waals surface area contributed by atoms with Gasteiger partial charge in [0.15, 0.2) is 0 Å². The maximum Gasteiger partial charge on any atom is 0.265 e. The lowest BCUT2D eigenvalue weighted by molar-refractivity contribution is 0.253. The van der Waals surface area contributed by atoms with Crippen LogP contribution in [0.5, 0.6) is 0 Å². The van der Waals surface area contributed by atoms with Crippen LogP contribution in [0.2, 0.25) is 0 Å². The van der Waals surface area contributed by atoms with Crippen molar-refractivity contribution in [3.63, 3.8) is 0 Å². The van der Waals surface area contributed by atoms with E-state index in [9.17, 15) is 0 Å². The first-order valence-corrected chi connectivity index (χ1v) is 5.16. The van der Waals surface area contributed by atoms with E-state index in [0.29, 0.717) is 11.8 Å².